The number of nitrogens with zero attached hydrogens (tertiary/aromatic N) is 1. The van der Waals surface area contributed by atoms with Gasteiger partial charge < -0.3 is 15.0 Å². The van der Waals surface area contributed by atoms with Gasteiger partial charge in [0.05, 0.1) is 7.11 Å². The van der Waals surface area contributed by atoms with Crippen LogP contribution in [0.3, 0.4) is 0 Å². The van der Waals surface area contributed by atoms with Crippen molar-refractivity contribution < 1.29 is 4.74 Å². The van der Waals surface area contributed by atoms with Gasteiger partial charge in [-0.2, -0.15) is 0 Å². The number of methoxy groups -OCH3 is 1. The Bertz CT molecular complexity index is 344. The molecule has 0 amide bonds. The average Bonchev–Trinajstić information content (AvgIpc) is 2.49. The minimum atomic E-state index is 0.925. The van der Waals surface area contributed by atoms with E-state index in [0.29, 0.717) is 0 Å². The predicted molar refractivity (Wildman–Crippen MR) is 79.6 cm³/mol. The number of hydrogen-bond acceptors (Lipinski definition) is 3. The third-order valence-electron chi connectivity index (χ3n) is 3.76. The molecule has 1 aromatic carbocycles. The summed E-state index contributed by atoms with van der Waals surface area (Å²) in [5, 5.41) is 3.51. The lowest BCUT2D eigenvalue weighted by molar-refractivity contribution is 0.225. The molecule has 106 valence electrons. The van der Waals surface area contributed by atoms with Crippen molar-refractivity contribution in [2.45, 2.75) is 32.2 Å². The van der Waals surface area contributed by atoms with Crippen molar-refractivity contribution in [2.75, 3.05) is 33.3 Å². The van der Waals surface area contributed by atoms with Crippen LogP contribution in [0, 0.1) is 0 Å². The molecule has 1 N–H and O–H groups in total. The highest BCUT2D eigenvalue weighted by Crippen LogP contribution is 2.11. The summed E-state index contributed by atoms with van der Waals surface area (Å²) in [5.74, 6) is 0.925. The third kappa shape index (κ3) is 5.21. The zero-order valence-corrected chi connectivity index (χ0v) is 12.0. The maximum atomic E-state index is 5.15. The topological polar surface area (TPSA) is 24.5 Å². The zero-order valence-electron chi connectivity index (χ0n) is 12.0. The second-order valence-corrected chi connectivity index (χ2v) is 5.28. The van der Waals surface area contributed by atoms with Gasteiger partial charge in [0.15, 0.2) is 0 Å². The zero-order chi connectivity index (χ0) is 13.3. The van der Waals surface area contributed by atoms with E-state index < -0.39 is 0 Å². The van der Waals surface area contributed by atoms with Gasteiger partial charge in [-0.05, 0) is 63.1 Å². The molecular weight excluding hydrogens is 236 g/mol. The highest BCUT2D eigenvalue weighted by Gasteiger charge is 2.08. The normalized spacial score (nSPS) is 16.5. The van der Waals surface area contributed by atoms with Crippen LogP contribution in [-0.4, -0.2) is 38.2 Å². The first kappa shape index (κ1) is 14.4. The van der Waals surface area contributed by atoms with E-state index in [2.05, 4.69) is 22.3 Å². The number of benzene rings is 1. The minimum Gasteiger partial charge on any atom is -0.497 e. The molecule has 2 rings (SSSR count). The molecule has 0 unspecified atom stereocenters. The van der Waals surface area contributed by atoms with Gasteiger partial charge in [0.25, 0.3) is 0 Å². The molecule has 1 aliphatic heterocycles. The molecule has 0 bridgehead atoms. The van der Waals surface area contributed by atoms with E-state index in [0.717, 1.165) is 18.8 Å². The highest BCUT2D eigenvalue weighted by molar-refractivity contribution is 5.26. The molecule has 1 aromatic rings. The number of likely N-dealkylation sites (tertiary alicyclic amines) is 1. The van der Waals surface area contributed by atoms with Gasteiger partial charge in [0.2, 0.25) is 0 Å². The van der Waals surface area contributed by atoms with Crippen molar-refractivity contribution >= 4 is 0 Å². The Balaban J connectivity index is 1.55. The molecule has 3 heteroatoms. The van der Waals surface area contributed by atoms with Crippen LogP contribution in [0.5, 0.6) is 5.75 Å². The van der Waals surface area contributed by atoms with E-state index in [4.69, 9.17) is 4.74 Å². The van der Waals surface area contributed by atoms with E-state index in [9.17, 15) is 0 Å². The van der Waals surface area contributed by atoms with Crippen molar-refractivity contribution in [2.24, 2.45) is 0 Å². The standard InChI is InChI=1S/C16H26N2O/c1-19-16-8-6-15(7-9-16)14-17-10-5-13-18-11-3-2-4-12-18/h6-9,17H,2-5,10-14H2,1H3. The third-order valence-corrected chi connectivity index (χ3v) is 3.76. The van der Waals surface area contributed by atoms with Crippen molar-refractivity contribution in [1.82, 2.24) is 10.2 Å². The number of ether oxygens (including phenoxy) is 1. The number of piperidine rings is 1. The second kappa shape index (κ2) is 8.18. The van der Waals surface area contributed by atoms with Crippen LogP contribution in [-0.2, 0) is 6.54 Å². The molecule has 0 spiro atoms. The minimum absolute atomic E-state index is 0.925. The molecule has 0 aromatic heterocycles. The smallest absolute Gasteiger partial charge is 0.118 e. The van der Waals surface area contributed by atoms with Gasteiger partial charge in [-0.15, -0.1) is 0 Å². The summed E-state index contributed by atoms with van der Waals surface area (Å²) in [5.41, 5.74) is 1.32. The summed E-state index contributed by atoms with van der Waals surface area (Å²) in [4.78, 5) is 2.60. The van der Waals surface area contributed by atoms with E-state index in [1.807, 2.05) is 12.1 Å². The Hall–Kier alpha value is -1.06. The first-order valence-electron chi connectivity index (χ1n) is 7.44. The van der Waals surface area contributed by atoms with Crippen molar-refractivity contribution in [1.29, 1.82) is 0 Å². The maximum absolute atomic E-state index is 5.15. The van der Waals surface area contributed by atoms with E-state index in [1.54, 1.807) is 7.11 Å². The summed E-state index contributed by atoms with van der Waals surface area (Å²) >= 11 is 0. The van der Waals surface area contributed by atoms with E-state index in [1.165, 1.54) is 50.9 Å². The van der Waals surface area contributed by atoms with E-state index in [-0.39, 0.29) is 0 Å². The Morgan fingerprint density at radius 1 is 1.11 bits per heavy atom. The fourth-order valence-corrected chi connectivity index (χ4v) is 2.59. The molecule has 0 saturated carbocycles. The summed E-state index contributed by atoms with van der Waals surface area (Å²) in [6.07, 6.45) is 5.45. The van der Waals surface area contributed by atoms with Crippen molar-refractivity contribution in [3.05, 3.63) is 29.8 Å². The predicted octanol–water partition coefficient (Wildman–Crippen LogP) is 2.66. The molecule has 19 heavy (non-hydrogen) atoms. The van der Waals surface area contributed by atoms with E-state index >= 15 is 0 Å². The van der Waals surface area contributed by atoms with Gasteiger partial charge in [0.1, 0.15) is 5.75 Å². The lowest BCUT2D eigenvalue weighted by Gasteiger charge is -2.26. The number of hydrogen-bond donors (Lipinski definition) is 1. The molecule has 1 saturated heterocycles. The summed E-state index contributed by atoms with van der Waals surface area (Å²) in [7, 11) is 1.70. The van der Waals surface area contributed by atoms with Gasteiger partial charge in [-0.25, -0.2) is 0 Å². The van der Waals surface area contributed by atoms with Crippen molar-refractivity contribution in [3.8, 4) is 5.75 Å². The molecule has 0 aliphatic carbocycles. The highest BCUT2D eigenvalue weighted by atomic mass is 16.5. The fourth-order valence-electron chi connectivity index (χ4n) is 2.59. The summed E-state index contributed by atoms with van der Waals surface area (Å²) in [6, 6.07) is 8.28. The van der Waals surface area contributed by atoms with Gasteiger partial charge >= 0.3 is 0 Å². The monoisotopic (exact) mass is 262 g/mol. The largest absolute Gasteiger partial charge is 0.497 e. The molecule has 1 fully saturated rings. The first-order chi connectivity index (χ1) is 9.38. The van der Waals surface area contributed by atoms with Crippen LogP contribution >= 0.6 is 0 Å². The Kier molecular flexibility index (Phi) is 6.18. The van der Waals surface area contributed by atoms with Crippen LogP contribution in [0.2, 0.25) is 0 Å². The fraction of sp³-hybridized carbons (Fsp3) is 0.625. The SMILES string of the molecule is COc1ccc(CNCCCN2CCCCC2)cc1. The van der Waals surface area contributed by atoms with Crippen molar-refractivity contribution in [3.63, 3.8) is 0 Å². The molecule has 0 radical (unpaired) electrons. The van der Waals surface area contributed by atoms with Crippen LogP contribution in [0.4, 0.5) is 0 Å². The Labute approximate surface area is 116 Å². The maximum Gasteiger partial charge on any atom is 0.118 e. The lowest BCUT2D eigenvalue weighted by atomic mass is 10.1. The average molecular weight is 262 g/mol. The summed E-state index contributed by atoms with van der Waals surface area (Å²) in [6.45, 7) is 5.90. The quantitative estimate of drug-likeness (QED) is 0.765. The molecule has 1 heterocycles. The van der Waals surface area contributed by atoms with Crippen LogP contribution in [0.15, 0.2) is 24.3 Å². The first-order valence-corrected chi connectivity index (χ1v) is 7.44. The molecular formula is C16H26N2O. The molecule has 3 nitrogen and oxygen atoms in total. The lowest BCUT2D eigenvalue weighted by Crippen LogP contribution is -2.32. The second-order valence-electron chi connectivity index (χ2n) is 5.28. The van der Waals surface area contributed by atoms with Crippen LogP contribution in [0.1, 0.15) is 31.2 Å². The van der Waals surface area contributed by atoms with Gasteiger partial charge in [-0.1, -0.05) is 18.6 Å². The molecule has 1 aliphatic rings. The van der Waals surface area contributed by atoms with Crippen LogP contribution < -0.4 is 10.1 Å². The molecule has 0 atom stereocenters. The number of rotatable bonds is 7. The van der Waals surface area contributed by atoms with Crippen LogP contribution in [0.25, 0.3) is 0 Å². The number of nitrogens with one attached hydrogen (secondary N) is 1. The summed E-state index contributed by atoms with van der Waals surface area (Å²) < 4.78 is 5.15. The van der Waals surface area contributed by atoms with Gasteiger partial charge in [-0.3, -0.25) is 0 Å². The Morgan fingerprint density at radius 3 is 2.53 bits per heavy atom. The Morgan fingerprint density at radius 2 is 1.84 bits per heavy atom. The van der Waals surface area contributed by atoms with Gasteiger partial charge in [0, 0.05) is 6.54 Å².